The molecule has 19 heavy (non-hydrogen) atoms. The van der Waals surface area contributed by atoms with Crippen LogP contribution >= 0.6 is 0 Å². The summed E-state index contributed by atoms with van der Waals surface area (Å²) in [6.07, 6.45) is 1.98. The quantitative estimate of drug-likeness (QED) is 0.900. The van der Waals surface area contributed by atoms with E-state index in [2.05, 4.69) is 4.72 Å². The number of methoxy groups -OCH3 is 1. The average Bonchev–Trinajstić information content (AvgIpc) is 2.78. The Morgan fingerprint density at radius 1 is 1.32 bits per heavy atom. The number of benzene rings is 1. The Kier molecular flexibility index (Phi) is 3.24. The summed E-state index contributed by atoms with van der Waals surface area (Å²) in [5, 5.41) is 0. The molecule has 0 bridgehead atoms. The molecule has 1 aliphatic heterocycles. The minimum absolute atomic E-state index is 0.0135. The molecular weight excluding hydrogens is 266 g/mol. The summed E-state index contributed by atoms with van der Waals surface area (Å²) in [4.78, 5) is 0.274. The Balaban J connectivity index is 1.71. The lowest BCUT2D eigenvalue weighted by atomic mass is 9.77. The third-order valence-corrected chi connectivity index (χ3v) is 5.45. The van der Waals surface area contributed by atoms with Crippen molar-refractivity contribution in [1.82, 2.24) is 4.72 Å². The zero-order valence-corrected chi connectivity index (χ0v) is 11.5. The van der Waals surface area contributed by atoms with Gasteiger partial charge >= 0.3 is 0 Å². The molecule has 1 saturated heterocycles. The minimum Gasteiger partial charge on any atom is -0.497 e. The van der Waals surface area contributed by atoms with Gasteiger partial charge in [-0.15, -0.1) is 0 Å². The second kappa shape index (κ2) is 4.77. The lowest BCUT2D eigenvalue weighted by molar-refractivity contribution is 0.0143. The summed E-state index contributed by atoms with van der Waals surface area (Å²) in [7, 11) is -1.89. The van der Waals surface area contributed by atoms with E-state index in [1.165, 1.54) is 0 Å². The fourth-order valence-electron chi connectivity index (χ4n) is 2.76. The normalized spacial score (nSPS) is 29.6. The van der Waals surface area contributed by atoms with Crippen LogP contribution in [0.15, 0.2) is 29.2 Å². The van der Waals surface area contributed by atoms with Crippen molar-refractivity contribution in [3.63, 3.8) is 0 Å². The smallest absolute Gasteiger partial charge is 0.240 e. The Morgan fingerprint density at radius 3 is 2.68 bits per heavy atom. The van der Waals surface area contributed by atoms with Gasteiger partial charge in [0.15, 0.2) is 0 Å². The average molecular weight is 283 g/mol. The molecule has 3 rings (SSSR count). The molecule has 2 fully saturated rings. The third kappa shape index (κ3) is 2.35. The van der Waals surface area contributed by atoms with Gasteiger partial charge in [0, 0.05) is 18.6 Å². The first kappa shape index (κ1) is 12.9. The second-order valence-corrected chi connectivity index (χ2v) is 6.71. The van der Waals surface area contributed by atoms with E-state index in [4.69, 9.17) is 9.47 Å². The van der Waals surface area contributed by atoms with Gasteiger partial charge in [-0.1, -0.05) is 0 Å². The van der Waals surface area contributed by atoms with Crippen LogP contribution in [0.3, 0.4) is 0 Å². The van der Waals surface area contributed by atoms with Crippen LogP contribution in [0.4, 0.5) is 0 Å². The van der Waals surface area contributed by atoms with Crippen molar-refractivity contribution in [3.05, 3.63) is 24.3 Å². The Bertz CT molecular complexity index is 555. The number of rotatable bonds is 4. The summed E-state index contributed by atoms with van der Waals surface area (Å²) in [6, 6.07) is 6.43. The zero-order valence-electron chi connectivity index (χ0n) is 10.7. The van der Waals surface area contributed by atoms with E-state index in [0.717, 1.165) is 19.4 Å². The van der Waals surface area contributed by atoms with Crippen molar-refractivity contribution in [2.45, 2.75) is 29.9 Å². The van der Waals surface area contributed by atoms with Gasteiger partial charge in [-0.3, -0.25) is 0 Å². The van der Waals surface area contributed by atoms with Gasteiger partial charge in [-0.2, -0.15) is 0 Å². The minimum atomic E-state index is -3.45. The van der Waals surface area contributed by atoms with Gasteiger partial charge < -0.3 is 9.47 Å². The summed E-state index contributed by atoms with van der Waals surface area (Å²) in [5.74, 6) is 0.986. The molecule has 1 aromatic rings. The van der Waals surface area contributed by atoms with Crippen LogP contribution in [-0.2, 0) is 14.8 Å². The van der Waals surface area contributed by atoms with Crippen molar-refractivity contribution in [1.29, 1.82) is 0 Å². The Hall–Kier alpha value is -1.11. The van der Waals surface area contributed by atoms with E-state index >= 15 is 0 Å². The number of hydrogen-bond donors (Lipinski definition) is 1. The second-order valence-electron chi connectivity index (χ2n) is 5.00. The molecule has 3 atom stereocenters. The van der Waals surface area contributed by atoms with E-state index in [1.54, 1.807) is 31.4 Å². The third-order valence-electron chi connectivity index (χ3n) is 3.94. The molecule has 1 heterocycles. The maximum Gasteiger partial charge on any atom is 0.240 e. The molecule has 0 amide bonds. The number of sulfonamides is 1. The van der Waals surface area contributed by atoms with Crippen molar-refractivity contribution in [2.75, 3.05) is 13.7 Å². The Labute approximate surface area is 113 Å². The maximum absolute atomic E-state index is 12.2. The van der Waals surface area contributed by atoms with Gasteiger partial charge in [0.1, 0.15) is 5.75 Å². The van der Waals surface area contributed by atoms with E-state index in [9.17, 15) is 8.42 Å². The monoisotopic (exact) mass is 283 g/mol. The molecule has 2 aliphatic rings. The van der Waals surface area contributed by atoms with Crippen LogP contribution < -0.4 is 9.46 Å². The van der Waals surface area contributed by atoms with Crippen LogP contribution in [0, 0.1) is 5.92 Å². The number of fused-ring (bicyclic) bond motifs is 1. The summed E-state index contributed by atoms with van der Waals surface area (Å²) < 4.78 is 37.7. The number of nitrogens with one attached hydrogen (secondary N) is 1. The van der Waals surface area contributed by atoms with Crippen molar-refractivity contribution >= 4 is 10.0 Å². The molecule has 0 unspecified atom stereocenters. The van der Waals surface area contributed by atoms with Gasteiger partial charge in [-0.25, -0.2) is 13.1 Å². The first-order valence-electron chi connectivity index (χ1n) is 6.38. The molecule has 0 radical (unpaired) electrons. The zero-order chi connectivity index (χ0) is 13.5. The highest BCUT2D eigenvalue weighted by molar-refractivity contribution is 7.89. The molecule has 104 valence electrons. The highest BCUT2D eigenvalue weighted by Crippen LogP contribution is 2.39. The molecule has 0 aromatic heterocycles. The lowest BCUT2D eigenvalue weighted by Crippen LogP contribution is -2.53. The van der Waals surface area contributed by atoms with E-state index in [-0.39, 0.29) is 17.0 Å². The molecule has 1 saturated carbocycles. The van der Waals surface area contributed by atoms with Crippen molar-refractivity contribution < 1.29 is 17.9 Å². The summed E-state index contributed by atoms with van der Waals surface area (Å²) >= 11 is 0. The molecular formula is C13H17NO4S. The van der Waals surface area contributed by atoms with Crippen molar-refractivity contribution in [3.8, 4) is 5.75 Å². The predicted octanol–water partition coefficient (Wildman–Crippen LogP) is 1.15. The fourth-order valence-corrected chi connectivity index (χ4v) is 4.06. The van der Waals surface area contributed by atoms with Gasteiger partial charge in [-0.05, 0) is 37.1 Å². The molecule has 1 N–H and O–H groups in total. The summed E-state index contributed by atoms with van der Waals surface area (Å²) in [6.45, 7) is 0.746. The molecule has 5 nitrogen and oxygen atoms in total. The van der Waals surface area contributed by atoms with E-state index < -0.39 is 10.0 Å². The fraction of sp³-hybridized carbons (Fsp3) is 0.538. The highest BCUT2D eigenvalue weighted by Gasteiger charge is 2.46. The molecule has 1 aromatic carbocycles. The van der Waals surface area contributed by atoms with Gasteiger partial charge in [0.05, 0.1) is 18.1 Å². The van der Waals surface area contributed by atoms with E-state index in [0.29, 0.717) is 11.7 Å². The first-order valence-corrected chi connectivity index (χ1v) is 7.86. The van der Waals surface area contributed by atoms with Crippen LogP contribution in [0.5, 0.6) is 5.75 Å². The predicted molar refractivity (Wildman–Crippen MR) is 69.6 cm³/mol. The maximum atomic E-state index is 12.2. The summed E-state index contributed by atoms with van der Waals surface area (Å²) in [5.41, 5.74) is 0. The standard InChI is InChI=1S/C13H17NO4S/c1-17-9-2-4-10(5-3-9)19(15,16)14-12-8-13-11(12)6-7-18-13/h2-5,11-14H,6-8H2,1H3/t11-,12+,13+/m1/s1. The van der Waals surface area contributed by atoms with Crippen LogP contribution in [0.2, 0.25) is 0 Å². The van der Waals surface area contributed by atoms with Gasteiger partial charge in [0.2, 0.25) is 10.0 Å². The lowest BCUT2D eigenvalue weighted by Gasteiger charge is -2.39. The highest BCUT2D eigenvalue weighted by atomic mass is 32.2. The first-order chi connectivity index (χ1) is 9.10. The Morgan fingerprint density at radius 2 is 2.05 bits per heavy atom. The number of ether oxygens (including phenoxy) is 2. The SMILES string of the molecule is COc1ccc(S(=O)(=O)N[C@H]2C[C@@H]3OCC[C@H]23)cc1. The molecule has 1 aliphatic carbocycles. The van der Waals surface area contributed by atoms with Crippen LogP contribution in [-0.4, -0.2) is 34.3 Å². The van der Waals surface area contributed by atoms with Crippen molar-refractivity contribution in [2.24, 2.45) is 5.92 Å². The molecule has 6 heteroatoms. The molecule has 0 spiro atoms. The van der Waals surface area contributed by atoms with Crippen LogP contribution in [0.25, 0.3) is 0 Å². The van der Waals surface area contributed by atoms with E-state index in [1.807, 2.05) is 0 Å². The number of hydrogen-bond acceptors (Lipinski definition) is 4. The topological polar surface area (TPSA) is 64.6 Å². The van der Waals surface area contributed by atoms with Gasteiger partial charge in [0.25, 0.3) is 0 Å². The van der Waals surface area contributed by atoms with Crippen LogP contribution in [0.1, 0.15) is 12.8 Å². The largest absolute Gasteiger partial charge is 0.497 e.